The summed E-state index contributed by atoms with van der Waals surface area (Å²) < 4.78 is 22.8. The molecule has 0 saturated heterocycles. The SMILES string of the molecule is CC1CC1C(=O)Nc1ccc(S(=O)(=O)Cl)cc1Br. The van der Waals surface area contributed by atoms with Gasteiger partial charge in [-0.2, -0.15) is 0 Å². The minimum atomic E-state index is -3.75. The van der Waals surface area contributed by atoms with Crippen molar-refractivity contribution in [3.8, 4) is 0 Å². The lowest BCUT2D eigenvalue weighted by atomic mass is 10.3. The number of halogens is 2. The van der Waals surface area contributed by atoms with E-state index in [4.69, 9.17) is 10.7 Å². The Morgan fingerprint density at radius 3 is 2.56 bits per heavy atom. The predicted molar refractivity (Wildman–Crippen MR) is 73.1 cm³/mol. The molecule has 0 spiro atoms. The molecule has 0 aliphatic heterocycles. The molecule has 1 aliphatic carbocycles. The molecule has 1 N–H and O–H groups in total. The molecule has 0 radical (unpaired) electrons. The van der Waals surface area contributed by atoms with Gasteiger partial charge in [0.25, 0.3) is 9.05 Å². The number of carbonyl (C=O) groups excluding carboxylic acids is 1. The second kappa shape index (κ2) is 4.83. The van der Waals surface area contributed by atoms with E-state index in [2.05, 4.69) is 21.2 Å². The van der Waals surface area contributed by atoms with Crippen molar-refractivity contribution in [3.05, 3.63) is 22.7 Å². The summed E-state index contributed by atoms with van der Waals surface area (Å²) in [5.41, 5.74) is 0.545. The van der Waals surface area contributed by atoms with E-state index in [1.165, 1.54) is 18.2 Å². The maximum Gasteiger partial charge on any atom is 0.261 e. The highest BCUT2D eigenvalue weighted by molar-refractivity contribution is 9.10. The van der Waals surface area contributed by atoms with Crippen LogP contribution in [0.1, 0.15) is 13.3 Å². The van der Waals surface area contributed by atoms with Crippen LogP contribution in [0.15, 0.2) is 27.6 Å². The zero-order chi connectivity index (χ0) is 13.5. The Morgan fingerprint density at radius 2 is 2.11 bits per heavy atom. The Bertz CT molecular complexity index is 602. The predicted octanol–water partition coefficient (Wildman–Crippen LogP) is 2.97. The number of hydrogen-bond acceptors (Lipinski definition) is 3. The van der Waals surface area contributed by atoms with Crippen LogP contribution in [0.4, 0.5) is 5.69 Å². The average molecular weight is 353 g/mol. The Balaban J connectivity index is 2.18. The molecule has 98 valence electrons. The maximum absolute atomic E-state index is 11.7. The summed E-state index contributed by atoms with van der Waals surface area (Å²) in [6, 6.07) is 4.25. The summed E-state index contributed by atoms with van der Waals surface area (Å²) in [4.78, 5) is 11.7. The molecule has 1 saturated carbocycles. The highest BCUT2D eigenvalue weighted by Crippen LogP contribution is 2.39. The largest absolute Gasteiger partial charge is 0.325 e. The Kier molecular flexibility index (Phi) is 3.71. The van der Waals surface area contributed by atoms with Crippen LogP contribution < -0.4 is 5.32 Å². The molecule has 0 bridgehead atoms. The topological polar surface area (TPSA) is 63.2 Å². The minimum Gasteiger partial charge on any atom is -0.325 e. The van der Waals surface area contributed by atoms with Crippen LogP contribution in [0.2, 0.25) is 0 Å². The minimum absolute atomic E-state index is 0.00571. The van der Waals surface area contributed by atoms with Crippen molar-refractivity contribution in [1.29, 1.82) is 0 Å². The van der Waals surface area contributed by atoms with Gasteiger partial charge in [-0.05, 0) is 46.5 Å². The summed E-state index contributed by atoms with van der Waals surface area (Å²) in [7, 11) is 1.48. The van der Waals surface area contributed by atoms with E-state index in [1.54, 1.807) is 0 Å². The normalized spacial score (nSPS) is 22.6. The molecule has 1 aromatic carbocycles. The van der Waals surface area contributed by atoms with E-state index in [0.717, 1.165) is 6.42 Å². The zero-order valence-corrected chi connectivity index (χ0v) is 12.6. The Hall–Kier alpha value is -0.590. The van der Waals surface area contributed by atoms with E-state index >= 15 is 0 Å². The van der Waals surface area contributed by atoms with Gasteiger partial charge < -0.3 is 5.32 Å². The second-order valence-corrected chi connectivity index (χ2v) is 7.81. The van der Waals surface area contributed by atoms with Crippen LogP contribution >= 0.6 is 26.6 Å². The molecule has 1 fully saturated rings. The van der Waals surface area contributed by atoms with Gasteiger partial charge in [0.05, 0.1) is 10.6 Å². The van der Waals surface area contributed by atoms with Crippen molar-refractivity contribution < 1.29 is 13.2 Å². The molecule has 7 heteroatoms. The summed E-state index contributed by atoms with van der Waals surface area (Å²) >= 11 is 3.21. The van der Waals surface area contributed by atoms with Gasteiger partial charge in [0, 0.05) is 21.1 Å². The fraction of sp³-hybridized carbons (Fsp3) is 0.364. The van der Waals surface area contributed by atoms with Gasteiger partial charge in [0.15, 0.2) is 0 Å². The van der Waals surface area contributed by atoms with Crippen LogP contribution in [-0.2, 0) is 13.8 Å². The molecule has 4 nitrogen and oxygen atoms in total. The number of anilines is 1. The number of carbonyl (C=O) groups is 1. The molecule has 2 rings (SSSR count). The molecule has 2 unspecified atom stereocenters. The first-order chi connectivity index (χ1) is 8.29. The Morgan fingerprint density at radius 1 is 1.50 bits per heavy atom. The number of amides is 1. The monoisotopic (exact) mass is 351 g/mol. The van der Waals surface area contributed by atoms with Gasteiger partial charge in [0.2, 0.25) is 5.91 Å². The van der Waals surface area contributed by atoms with Gasteiger partial charge in [-0.25, -0.2) is 8.42 Å². The van der Waals surface area contributed by atoms with Gasteiger partial charge >= 0.3 is 0 Å². The summed E-state index contributed by atoms with van der Waals surface area (Å²) in [5, 5.41) is 2.76. The lowest BCUT2D eigenvalue weighted by Crippen LogP contribution is -2.14. The van der Waals surface area contributed by atoms with E-state index in [1.807, 2.05) is 6.92 Å². The highest BCUT2D eigenvalue weighted by atomic mass is 79.9. The molecule has 0 aromatic heterocycles. The van der Waals surface area contributed by atoms with E-state index < -0.39 is 9.05 Å². The summed E-state index contributed by atoms with van der Waals surface area (Å²) in [6.45, 7) is 2.02. The molecule has 18 heavy (non-hydrogen) atoms. The second-order valence-electron chi connectivity index (χ2n) is 4.39. The van der Waals surface area contributed by atoms with Crippen LogP contribution in [-0.4, -0.2) is 14.3 Å². The summed E-state index contributed by atoms with van der Waals surface area (Å²) in [6.07, 6.45) is 0.900. The molecule has 2 atom stereocenters. The van der Waals surface area contributed by atoms with Crippen LogP contribution in [0.5, 0.6) is 0 Å². The quantitative estimate of drug-likeness (QED) is 0.851. The number of hydrogen-bond donors (Lipinski definition) is 1. The van der Waals surface area contributed by atoms with Gasteiger partial charge in [-0.15, -0.1) is 0 Å². The molecule has 1 amide bonds. The molecular formula is C11H11BrClNO3S. The highest BCUT2D eigenvalue weighted by Gasteiger charge is 2.39. The third-order valence-corrected chi connectivity index (χ3v) is 4.93. The third-order valence-electron chi connectivity index (χ3n) is 2.93. The van der Waals surface area contributed by atoms with E-state index in [9.17, 15) is 13.2 Å². The van der Waals surface area contributed by atoms with E-state index in [0.29, 0.717) is 16.1 Å². The van der Waals surface area contributed by atoms with Crippen molar-refractivity contribution in [2.24, 2.45) is 11.8 Å². The lowest BCUT2D eigenvalue weighted by molar-refractivity contribution is -0.117. The maximum atomic E-state index is 11.7. The summed E-state index contributed by atoms with van der Waals surface area (Å²) in [5.74, 6) is 0.448. The van der Waals surface area contributed by atoms with Crippen LogP contribution in [0, 0.1) is 11.8 Å². The van der Waals surface area contributed by atoms with Crippen molar-refractivity contribution in [3.63, 3.8) is 0 Å². The number of benzene rings is 1. The lowest BCUT2D eigenvalue weighted by Gasteiger charge is -2.07. The van der Waals surface area contributed by atoms with Crippen molar-refractivity contribution >= 4 is 47.3 Å². The average Bonchev–Trinajstić information content (AvgIpc) is 2.97. The zero-order valence-electron chi connectivity index (χ0n) is 9.48. The van der Waals surface area contributed by atoms with Crippen LogP contribution in [0.3, 0.4) is 0 Å². The third kappa shape index (κ3) is 3.05. The molecular weight excluding hydrogens is 342 g/mol. The molecule has 0 heterocycles. The number of nitrogens with one attached hydrogen (secondary N) is 1. The van der Waals surface area contributed by atoms with E-state index in [-0.39, 0.29) is 16.7 Å². The van der Waals surface area contributed by atoms with Gasteiger partial charge in [-0.3, -0.25) is 4.79 Å². The standard InChI is InChI=1S/C11H11BrClNO3S/c1-6-4-8(6)11(15)14-10-3-2-7(5-9(10)12)18(13,16)17/h2-3,5-6,8H,4H2,1H3,(H,14,15). The first kappa shape index (κ1) is 13.8. The van der Waals surface area contributed by atoms with Crippen molar-refractivity contribution in [2.75, 3.05) is 5.32 Å². The van der Waals surface area contributed by atoms with Crippen molar-refractivity contribution in [1.82, 2.24) is 0 Å². The molecule has 1 aliphatic rings. The fourth-order valence-electron chi connectivity index (χ4n) is 1.66. The Labute approximate surface area is 118 Å². The number of rotatable bonds is 3. The van der Waals surface area contributed by atoms with Crippen LogP contribution in [0.25, 0.3) is 0 Å². The van der Waals surface area contributed by atoms with Gasteiger partial charge in [0.1, 0.15) is 0 Å². The fourth-order valence-corrected chi connectivity index (χ4v) is 3.07. The van der Waals surface area contributed by atoms with Crippen molar-refractivity contribution in [2.45, 2.75) is 18.2 Å². The molecule has 1 aromatic rings. The smallest absolute Gasteiger partial charge is 0.261 e. The first-order valence-corrected chi connectivity index (χ1v) is 8.44. The van der Waals surface area contributed by atoms with Gasteiger partial charge in [-0.1, -0.05) is 6.92 Å². The first-order valence-electron chi connectivity index (χ1n) is 5.34.